The summed E-state index contributed by atoms with van der Waals surface area (Å²) in [4.78, 5) is 37.1. The molecule has 3 heterocycles. The number of anilines is 1. The van der Waals surface area contributed by atoms with Gasteiger partial charge in [-0.3, -0.25) is 9.48 Å². The molecule has 0 aromatic carbocycles. The Morgan fingerprint density at radius 1 is 1.10 bits per heavy atom. The first-order valence-electron chi connectivity index (χ1n) is 8.91. The molecular weight excluding hydrogens is 410 g/mol. The van der Waals surface area contributed by atoms with Crippen LogP contribution in [0.4, 0.5) is 5.00 Å². The quantitative estimate of drug-likeness (QED) is 0.596. The molecule has 10 nitrogen and oxygen atoms in total. The summed E-state index contributed by atoms with van der Waals surface area (Å²) < 4.78 is 12.9. The van der Waals surface area contributed by atoms with Gasteiger partial charge < -0.3 is 14.8 Å². The fourth-order valence-corrected chi connectivity index (χ4v) is 4.03. The highest BCUT2D eigenvalue weighted by Crippen LogP contribution is 2.34. The van der Waals surface area contributed by atoms with E-state index in [4.69, 9.17) is 9.47 Å². The zero-order valence-corrected chi connectivity index (χ0v) is 18.0. The van der Waals surface area contributed by atoms with Gasteiger partial charge in [0.15, 0.2) is 5.69 Å². The molecule has 0 unspecified atom stereocenters. The van der Waals surface area contributed by atoms with Crippen molar-refractivity contribution in [2.24, 2.45) is 0 Å². The number of esters is 2. The summed E-state index contributed by atoms with van der Waals surface area (Å²) in [5, 5.41) is 11.5. The maximum Gasteiger partial charge on any atom is 0.348 e. The monoisotopic (exact) mass is 431 g/mol. The number of hydrogen-bond acceptors (Lipinski definition) is 8. The van der Waals surface area contributed by atoms with Crippen LogP contribution >= 0.6 is 11.3 Å². The summed E-state index contributed by atoms with van der Waals surface area (Å²) in [6, 6.07) is 3.50. The molecule has 0 atom stereocenters. The van der Waals surface area contributed by atoms with Crippen LogP contribution in [0.1, 0.15) is 47.5 Å². The van der Waals surface area contributed by atoms with Crippen LogP contribution in [0, 0.1) is 20.8 Å². The zero-order valence-electron chi connectivity index (χ0n) is 17.2. The highest BCUT2D eigenvalue weighted by molar-refractivity contribution is 7.18. The Morgan fingerprint density at radius 2 is 1.80 bits per heavy atom. The second-order valence-electron chi connectivity index (χ2n) is 6.51. The number of aryl methyl sites for hydroxylation is 2. The van der Waals surface area contributed by atoms with E-state index < -0.39 is 17.8 Å². The van der Waals surface area contributed by atoms with Crippen LogP contribution in [0.2, 0.25) is 0 Å². The van der Waals surface area contributed by atoms with Crippen molar-refractivity contribution in [3.63, 3.8) is 0 Å². The van der Waals surface area contributed by atoms with Gasteiger partial charge >= 0.3 is 11.9 Å². The first-order chi connectivity index (χ1) is 14.2. The summed E-state index contributed by atoms with van der Waals surface area (Å²) in [6.07, 6.45) is 1.66. The van der Waals surface area contributed by atoms with Crippen molar-refractivity contribution in [1.29, 1.82) is 0 Å². The maximum atomic E-state index is 12.7. The average Bonchev–Trinajstić information content (AvgIpc) is 3.39. The number of carbonyl (C=O) groups is 3. The summed E-state index contributed by atoms with van der Waals surface area (Å²) in [6.45, 7) is 5.78. The van der Waals surface area contributed by atoms with E-state index in [0.717, 1.165) is 22.7 Å². The molecule has 11 heteroatoms. The molecule has 3 aromatic rings. The van der Waals surface area contributed by atoms with Crippen molar-refractivity contribution >= 4 is 34.2 Å². The van der Waals surface area contributed by atoms with Crippen LogP contribution in [-0.4, -0.2) is 51.6 Å². The van der Waals surface area contributed by atoms with E-state index in [9.17, 15) is 14.4 Å². The van der Waals surface area contributed by atoms with Crippen molar-refractivity contribution in [3.05, 3.63) is 51.4 Å². The van der Waals surface area contributed by atoms with Gasteiger partial charge in [0.25, 0.3) is 5.91 Å². The summed E-state index contributed by atoms with van der Waals surface area (Å²) in [5.41, 5.74) is 2.50. The smallest absolute Gasteiger partial charge is 0.348 e. The van der Waals surface area contributed by atoms with Gasteiger partial charge in [0.2, 0.25) is 0 Å². The number of nitrogens with one attached hydrogen (secondary N) is 1. The molecular formula is C19H21N5O5S. The molecule has 0 fully saturated rings. The van der Waals surface area contributed by atoms with Gasteiger partial charge in [-0.25, -0.2) is 14.3 Å². The third kappa shape index (κ3) is 4.10. The van der Waals surface area contributed by atoms with Crippen LogP contribution in [0.15, 0.2) is 18.3 Å². The maximum absolute atomic E-state index is 12.7. The second kappa shape index (κ2) is 8.49. The fourth-order valence-electron chi connectivity index (χ4n) is 2.92. The number of amides is 1. The molecule has 0 spiro atoms. The number of aromatic nitrogens is 4. The molecule has 30 heavy (non-hydrogen) atoms. The molecule has 3 aromatic heterocycles. The molecule has 0 aliphatic carbocycles. The molecule has 0 radical (unpaired) electrons. The van der Waals surface area contributed by atoms with E-state index >= 15 is 0 Å². The minimum absolute atomic E-state index is 0.110. The molecule has 0 saturated heterocycles. The molecule has 0 aliphatic heterocycles. The number of thiophene rings is 1. The number of hydrogen-bond donors (Lipinski definition) is 1. The zero-order chi connectivity index (χ0) is 22.0. The molecule has 0 saturated carbocycles. The van der Waals surface area contributed by atoms with E-state index in [2.05, 4.69) is 15.5 Å². The lowest BCUT2D eigenvalue weighted by Crippen LogP contribution is -2.16. The topological polar surface area (TPSA) is 117 Å². The third-order valence-corrected chi connectivity index (χ3v) is 5.58. The third-order valence-electron chi connectivity index (χ3n) is 4.39. The first-order valence-corrected chi connectivity index (χ1v) is 9.72. The summed E-state index contributed by atoms with van der Waals surface area (Å²) in [7, 11) is 2.47. The van der Waals surface area contributed by atoms with Gasteiger partial charge in [-0.2, -0.15) is 10.2 Å². The Hall–Kier alpha value is -3.47. The van der Waals surface area contributed by atoms with E-state index in [1.165, 1.54) is 14.2 Å². The van der Waals surface area contributed by atoms with E-state index in [0.29, 0.717) is 12.2 Å². The van der Waals surface area contributed by atoms with Crippen LogP contribution in [-0.2, 0) is 16.1 Å². The number of carbonyl (C=O) groups excluding carboxylic acids is 3. The highest BCUT2D eigenvalue weighted by Gasteiger charge is 2.27. The Bertz CT molecular complexity index is 1130. The van der Waals surface area contributed by atoms with Gasteiger partial charge in [0, 0.05) is 11.9 Å². The fraction of sp³-hybridized carbons (Fsp3) is 0.316. The van der Waals surface area contributed by atoms with Gasteiger partial charge in [0.05, 0.1) is 25.5 Å². The lowest BCUT2D eigenvalue weighted by molar-refractivity contribution is 0.0601. The molecule has 1 N–H and O–H groups in total. The largest absolute Gasteiger partial charge is 0.465 e. The molecule has 0 aliphatic rings. The van der Waals surface area contributed by atoms with Gasteiger partial charge in [0.1, 0.15) is 16.5 Å². The van der Waals surface area contributed by atoms with Crippen LogP contribution in [0.3, 0.4) is 0 Å². The van der Waals surface area contributed by atoms with E-state index in [-0.39, 0.29) is 21.1 Å². The highest BCUT2D eigenvalue weighted by atomic mass is 32.1. The van der Waals surface area contributed by atoms with Gasteiger partial charge in [-0.05, 0) is 38.5 Å². The molecule has 3 rings (SSSR count). The molecule has 1 amide bonds. The number of methoxy groups -OCH3 is 2. The van der Waals surface area contributed by atoms with Crippen LogP contribution in [0.25, 0.3) is 0 Å². The Morgan fingerprint density at radius 3 is 2.40 bits per heavy atom. The normalized spacial score (nSPS) is 10.7. The summed E-state index contributed by atoms with van der Waals surface area (Å²) >= 11 is 0.944. The van der Waals surface area contributed by atoms with Crippen LogP contribution < -0.4 is 5.32 Å². The lowest BCUT2D eigenvalue weighted by atomic mass is 10.1. The molecule has 158 valence electrons. The minimum atomic E-state index is -0.663. The number of nitrogens with zero attached hydrogens (tertiary/aromatic N) is 4. The number of ether oxygens (including phenoxy) is 2. The predicted octanol–water partition coefficient (Wildman–Crippen LogP) is 2.40. The van der Waals surface area contributed by atoms with Crippen LogP contribution in [0.5, 0.6) is 0 Å². The van der Waals surface area contributed by atoms with Crippen molar-refractivity contribution in [2.75, 3.05) is 19.5 Å². The predicted molar refractivity (Wildman–Crippen MR) is 109 cm³/mol. The van der Waals surface area contributed by atoms with Crippen molar-refractivity contribution in [3.8, 4) is 0 Å². The minimum Gasteiger partial charge on any atom is -0.465 e. The Balaban J connectivity index is 1.84. The second-order valence-corrected chi connectivity index (χ2v) is 7.53. The van der Waals surface area contributed by atoms with Crippen molar-refractivity contribution in [2.45, 2.75) is 27.4 Å². The van der Waals surface area contributed by atoms with Crippen molar-refractivity contribution in [1.82, 2.24) is 19.6 Å². The van der Waals surface area contributed by atoms with E-state index in [1.54, 1.807) is 28.6 Å². The van der Waals surface area contributed by atoms with Gasteiger partial charge in [-0.15, -0.1) is 11.3 Å². The van der Waals surface area contributed by atoms with Gasteiger partial charge in [-0.1, -0.05) is 0 Å². The van der Waals surface area contributed by atoms with E-state index in [1.807, 2.05) is 19.9 Å². The SMILES string of the molecule is COC(=O)c1sc(NC(=O)c2ccn(Cn3nc(C)cc3C)n2)c(C(=O)OC)c1C. The number of rotatable bonds is 6. The first kappa shape index (κ1) is 21.2. The standard InChI is InChI=1S/C19H21N5O5S/c1-10-8-11(2)24(21-10)9-23-7-6-13(22-23)16(25)20-17-14(18(26)28-4)12(3)15(30-17)19(27)29-5/h6-8H,9H2,1-5H3,(H,20,25). The Labute approximate surface area is 176 Å². The molecule has 0 bridgehead atoms. The van der Waals surface area contributed by atoms with Crippen molar-refractivity contribution < 1.29 is 23.9 Å². The summed E-state index contributed by atoms with van der Waals surface area (Å²) in [5.74, 6) is -1.79. The lowest BCUT2D eigenvalue weighted by Gasteiger charge is -2.05. The Kier molecular flexibility index (Phi) is 6.01. The average molecular weight is 431 g/mol.